The normalized spacial score (nSPS) is 15.4. The number of amides is 2. The van der Waals surface area contributed by atoms with E-state index in [0.29, 0.717) is 16.3 Å². The molecule has 2 amide bonds. The highest BCUT2D eigenvalue weighted by molar-refractivity contribution is 8.19. The third-order valence-electron chi connectivity index (χ3n) is 4.16. The molecule has 144 valence electrons. The smallest absolute Gasteiger partial charge is 0.306 e. The van der Waals surface area contributed by atoms with E-state index in [1.165, 1.54) is 4.90 Å². The number of carboxylic acid groups (broad SMARTS) is 1. The zero-order valence-corrected chi connectivity index (χ0v) is 16.3. The van der Waals surface area contributed by atoms with Crippen molar-refractivity contribution in [3.05, 3.63) is 64.1 Å². The lowest BCUT2D eigenvalue weighted by Crippen LogP contribution is -2.28. The number of nitrogens with zero attached hydrogens (tertiary/aromatic N) is 1. The molecule has 2 aromatic rings. The summed E-state index contributed by atoms with van der Waals surface area (Å²) in [5.41, 5.74) is 3.18. The number of carboxylic acids is 1. The molecule has 0 unspecified atom stereocenters. The largest absolute Gasteiger partial charge is 0.493 e. The van der Waals surface area contributed by atoms with Crippen LogP contribution in [0.2, 0.25) is 0 Å². The number of aryl methyl sites for hydroxylation is 2. The van der Waals surface area contributed by atoms with Gasteiger partial charge >= 0.3 is 5.97 Å². The first-order valence-electron chi connectivity index (χ1n) is 8.65. The maximum atomic E-state index is 12.8. The van der Waals surface area contributed by atoms with Crippen LogP contribution in [0.4, 0.5) is 10.5 Å². The average molecular weight is 397 g/mol. The molecular formula is C21H19NO5S. The summed E-state index contributed by atoms with van der Waals surface area (Å²) >= 11 is 0.909. The summed E-state index contributed by atoms with van der Waals surface area (Å²) in [5, 5.41) is 8.30. The van der Waals surface area contributed by atoms with E-state index in [1.807, 2.05) is 32.0 Å². The molecule has 0 saturated carbocycles. The van der Waals surface area contributed by atoms with Crippen LogP contribution in [0.1, 0.15) is 23.1 Å². The minimum Gasteiger partial charge on any atom is -0.493 e. The Balaban J connectivity index is 1.76. The third kappa shape index (κ3) is 4.43. The SMILES string of the molecule is Cc1ccc(C)c(N2C(=O)S/C(=C/c3ccc(OCCC(=O)O)cc3)C2=O)c1. The highest BCUT2D eigenvalue weighted by Crippen LogP contribution is 2.37. The lowest BCUT2D eigenvalue weighted by Gasteiger charge is -2.16. The third-order valence-corrected chi connectivity index (χ3v) is 5.03. The van der Waals surface area contributed by atoms with E-state index < -0.39 is 5.97 Å². The maximum Gasteiger partial charge on any atom is 0.306 e. The van der Waals surface area contributed by atoms with Crippen molar-refractivity contribution in [1.29, 1.82) is 0 Å². The van der Waals surface area contributed by atoms with E-state index in [9.17, 15) is 14.4 Å². The lowest BCUT2D eigenvalue weighted by atomic mass is 10.1. The molecular weight excluding hydrogens is 378 g/mol. The van der Waals surface area contributed by atoms with Crippen LogP contribution in [-0.2, 0) is 9.59 Å². The summed E-state index contributed by atoms with van der Waals surface area (Å²) in [6.45, 7) is 3.87. The Morgan fingerprint density at radius 3 is 2.54 bits per heavy atom. The summed E-state index contributed by atoms with van der Waals surface area (Å²) < 4.78 is 5.34. The average Bonchev–Trinajstić information content (AvgIpc) is 2.92. The molecule has 1 fully saturated rings. The fourth-order valence-electron chi connectivity index (χ4n) is 2.70. The zero-order valence-electron chi connectivity index (χ0n) is 15.5. The Kier molecular flexibility index (Phi) is 5.84. The Hall–Kier alpha value is -3.06. The highest BCUT2D eigenvalue weighted by Gasteiger charge is 2.37. The summed E-state index contributed by atoms with van der Waals surface area (Å²) in [4.78, 5) is 37.3. The molecule has 0 aromatic heterocycles. The molecule has 1 aliphatic rings. The van der Waals surface area contributed by atoms with Crippen LogP contribution in [0.5, 0.6) is 5.75 Å². The first-order chi connectivity index (χ1) is 13.3. The lowest BCUT2D eigenvalue weighted by molar-refractivity contribution is -0.137. The second kappa shape index (κ2) is 8.31. The van der Waals surface area contributed by atoms with Crippen molar-refractivity contribution in [3.8, 4) is 5.75 Å². The van der Waals surface area contributed by atoms with Gasteiger partial charge < -0.3 is 9.84 Å². The minimum atomic E-state index is -0.920. The molecule has 6 nitrogen and oxygen atoms in total. The molecule has 0 radical (unpaired) electrons. The Morgan fingerprint density at radius 1 is 1.14 bits per heavy atom. The standard InChI is InChI=1S/C21H19NO5S/c1-13-3-4-14(2)17(11-13)22-20(25)18(28-21(22)26)12-15-5-7-16(8-6-15)27-10-9-19(23)24/h3-8,11-12H,9-10H2,1-2H3,(H,23,24)/b18-12+. The molecule has 0 spiro atoms. The van der Waals surface area contributed by atoms with Gasteiger partial charge in [-0.25, -0.2) is 4.90 Å². The van der Waals surface area contributed by atoms with Crippen LogP contribution in [0.25, 0.3) is 6.08 Å². The quantitative estimate of drug-likeness (QED) is 0.728. The van der Waals surface area contributed by atoms with Crippen LogP contribution < -0.4 is 9.64 Å². The van der Waals surface area contributed by atoms with E-state index in [-0.39, 0.29) is 24.2 Å². The van der Waals surface area contributed by atoms with Crippen LogP contribution in [0.3, 0.4) is 0 Å². The van der Waals surface area contributed by atoms with Gasteiger partial charge in [-0.05, 0) is 66.6 Å². The minimum absolute atomic E-state index is 0.0761. The molecule has 1 N–H and O–H groups in total. The molecule has 0 atom stereocenters. The van der Waals surface area contributed by atoms with Crippen molar-refractivity contribution in [2.45, 2.75) is 20.3 Å². The molecule has 1 heterocycles. The molecule has 2 aromatic carbocycles. The molecule has 7 heteroatoms. The predicted octanol–water partition coefficient (Wildman–Crippen LogP) is 4.40. The maximum absolute atomic E-state index is 12.8. The van der Waals surface area contributed by atoms with Crippen molar-refractivity contribution in [2.24, 2.45) is 0 Å². The number of carbonyl (C=O) groups excluding carboxylic acids is 2. The number of hydrogen-bond acceptors (Lipinski definition) is 5. The number of anilines is 1. The number of benzene rings is 2. The number of hydrogen-bond donors (Lipinski definition) is 1. The number of thioether (sulfide) groups is 1. The molecule has 0 aliphatic carbocycles. The number of rotatable bonds is 6. The van der Waals surface area contributed by atoms with Crippen LogP contribution >= 0.6 is 11.8 Å². The van der Waals surface area contributed by atoms with Crippen LogP contribution in [0.15, 0.2) is 47.4 Å². The van der Waals surface area contributed by atoms with Gasteiger partial charge in [-0.2, -0.15) is 0 Å². The topological polar surface area (TPSA) is 83.9 Å². The Morgan fingerprint density at radius 2 is 1.86 bits per heavy atom. The van der Waals surface area contributed by atoms with Crippen molar-refractivity contribution < 1.29 is 24.2 Å². The van der Waals surface area contributed by atoms with Gasteiger partial charge in [-0.15, -0.1) is 0 Å². The fourth-order valence-corrected chi connectivity index (χ4v) is 3.54. The van der Waals surface area contributed by atoms with Gasteiger partial charge in [0.05, 0.1) is 23.6 Å². The van der Waals surface area contributed by atoms with Gasteiger partial charge in [0.15, 0.2) is 0 Å². The van der Waals surface area contributed by atoms with Gasteiger partial charge in [-0.1, -0.05) is 24.3 Å². The highest BCUT2D eigenvalue weighted by atomic mass is 32.2. The number of ether oxygens (including phenoxy) is 1. The number of aliphatic carboxylic acids is 1. The Labute approximate surface area is 166 Å². The summed E-state index contributed by atoms with van der Waals surface area (Å²) in [6, 6.07) is 12.6. The van der Waals surface area contributed by atoms with Gasteiger partial charge in [0.25, 0.3) is 11.1 Å². The van der Waals surface area contributed by atoms with E-state index in [2.05, 4.69) is 0 Å². The summed E-state index contributed by atoms with van der Waals surface area (Å²) in [7, 11) is 0. The van der Waals surface area contributed by atoms with Crippen LogP contribution in [-0.4, -0.2) is 28.8 Å². The van der Waals surface area contributed by atoms with Gasteiger partial charge in [0, 0.05) is 0 Å². The number of imide groups is 1. The Bertz CT molecular complexity index is 965. The fraction of sp³-hybridized carbons (Fsp3) is 0.190. The van der Waals surface area contributed by atoms with E-state index in [0.717, 1.165) is 28.5 Å². The second-order valence-electron chi connectivity index (χ2n) is 6.37. The van der Waals surface area contributed by atoms with Gasteiger partial charge in [0.1, 0.15) is 5.75 Å². The van der Waals surface area contributed by atoms with Gasteiger partial charge in [-0.3, -0.25) is 14.4 Å². The molecule has 3 rings (SSSR count). The van der Waals surface area contributed by atoms with E-state index >= 15 is 0 Å². The molecule has 28 heavy (non-hydrogen) atoms. The zero-order chi connectivity index (χ0) is 20.3. The number of carbonyl (C=O) groups is 3. The molecule has 1 saturated heterocycles. The van der Waals surface area contributed by atoms with Crippen molar-refractivity contribution in [2.75, 3.05) is 11.5 Å². The van der Waals surface area contributed by atoms with Gasteiger partial charge in [0.2, 0.25) is 0 Å². The summed E-state index contributed by atoms with van der Waals surface area (Å²) in [5.74, 6) is -0.719. The second-order valence-corrected chi connectivity index (χ2v) is 7.36. The van der Waals surface area contributed by atoms with E-state index in [4.69, 9.17) is 9.84 Å². The van der Waals surface area contributed by atoms with Crippen LogP contribution in [0, 0.1) is 13.8 Å². The molecule has 0 bridgehead atoms. The molecule has 1 aliphatic heterocycles. The first kappa shape index (κ1) is 19.7. The van der Waals surface area contributed by atoms with E-state index in [1.54, 1.807) is 30.3 Å². The monoisotopic (exact) mass is 397 g/mol. The summed E-state index contributed by atoms with van der Waals surface area (Å²) in [6.07, 6.45) is 1.59. The van der Waals surface area contributed by atoms with Crippen molar-refractivity contribution in [1.82, 2.24) is 0 Å². The predicted molar refractivity (Wildman–Crippen MR) is 109 cm³/mol. The van der Waals surface area contributed by atoms with Crippen molar-refractivity contribution >= 4 is 40.6 Å². The first-order valence-corrected chi connectivity index (χ1v) is 9.46. The van der Waals surface area contributed by atoms with Crippen molar-refractivity contribution in [3.63, 3.8) is 0 Å².